The van der Waals surface area contributed by atoms with Crippen molar-refractivity contribution in [2.75, 3.05) is 12.0 Å². The van der Waals surface area contributed by atoms with Gasteiger partial charge < -0.3 is 16.2 Å². The van der Waals surface area contributed by atoms with Gasteiger partial charge in [-0.05, 0) is 24.0 Å². The van der Waals surface area contributed by atoms with Gasteiger partial charge in [0.2, 0.25) is 5.91 Å². The van der Waals surface area contributed by atoms with E-state index in [4.69, 9.17) is 10.8 Å². The summed E-state index contributed by atoms with van der Waals surface area (Å²) in [4.78, 5) is 23.3. The predicted molar refractivity (Wildman–Crippen MR) is 85.1 cm³/mol. The van der Waals surface area contributed by atoms with Crippen molar-refractivity contribution in [3.05, 3.63) is 35.9 Å². The van der Waals surface area contributed by atoms with E-state index in [-0.39, 0.29) is 5.91 Å². The zero-order chi connectivity index (χ0) is 15.8. The smallest absolute Gasteiger partial charge is 0.326 e. The molecule has 1 amide bonds. The average Bonchev–Trinajstić information content (AvgIpc) is 2.50. The normalized spacial score (nSPS) is 15.0. The van der Waals surface area contributed by atoms with Gasteiger partial charge in [0.1, 0.15) is 6.04 Å². The number of carboxylic acid groups (broad SMARTS) is 1. The molecule has 0 bridgehead atoms. The standard InChI is InChI=1S/C15H22N2O3S/c1-10(13(16)11-6-4-3-5-7-11)14(18)17-12(15(19)20)8-9-21-2/h3-7,10,12-13H,8-9,16H2,1-2H3,(H,17,18)(H,19,20)/t10?,12-,13?/m0/s1. The quantitative estimate of drug-likeness (QED) is 0.679. The van der Waals surface area contributed by atoms with Gasteiger partial charge in [-0.25, -0.2) is 4.79 Å². The molecule has 1 rings (SSSR count). The topological polar surface area (TPSA) is 92.4 Å². The first kappa shape index (κ1) is 17.5. The average molecular weight is 310 g/mol. The molecule has 0 saturated carbocycles. The maximum atomic E-state index is 12.2. The van der Waals surface area contributed by atoms with E-state index in [1.165, 1.54) is 0 Å². The summed E-state index contributed by atoms with van der Waals surface area (Å²) in [5.41, 5.74) is 6.94. The molecule has 0 aliphatic heterocycles. The summed E-state index contributed by atoms with van der Waals surface area (Å²) >= 11 is 1.55. The number of amides is 1. The van der Waals surface area contributed by atoms with Crippen LogP contribution in [0.15, 0.2) is 30.3 Å². The Kier molecular flexibility index (Phi) is 7.25. The number of carbonyl (C=O) groups is 2. The lowest BCUT2D eigenvalue weighted by Crippen LogP contribution is -2.45. The molecule has 0 radical (unpaired) electrons. The Hall–Kier alpha value is -1.53. The molecule has 1 aromatic rings. The molecule has 0 aliphatic rings. The third kappa shape index (κ3) is 5.40. The second-order valence-electron chi connectivity index (χ2n) is 4.91. The van der Waals surface area contributed by atoms with E-state index < -0.39 is 24.0 Å². The lowest BCUT2D eigenvalue weighted by Gasteiger charge is -2.22. The highest BCUT2D eigenvalue weighted by atomic mass is 32.2. The van der Waals surface area contributed by atoms with Crippen LogP contribution in [0.3, 0.4) is 0 Å². The lowest BCUT2D eigenvalue weighted by atomic mass is 9.94. The summed E-state index contributed by atoms with van der Waals surface area (Å²) in [5.74, 6) is -1.17. The summed E-state index contributed by atoms with van der Waals surface area (Å²) in [5, 5.41) is 11.7. The van der Waals surface area contributed by atoms with E-state index >= 15 is 0 Å². The fraction of sp³-hybridized carbons (Fsp3) is 0.467. The minimum absolute atomic E-state index is 0.333. The molecule has 0 heterocycles. The number of carboxylic acids is 1. The Balaban J connectivity index is 2.66. The molecule has 21 heavy (non-hydrogen) atoms. The number of thioether (sulfide) groups is 1. The molecular formula is C15H22N2O3S. The fourth-order valence-corrected chi connectivity index (χ4v) is 2.39. The van der Waals surface area contributed by atoms with Gasteiger partial charge in [0.25, 0.3) is 0 Å². The molecule has 0 spiro atoms. The van der Waals surface area contributed by atoms with Gasteiger partial charge in [0.15, 0.2) is 0 Å². The van der Waals surface area contributed by atoms with Crippen molar-refractivity contribution in [2.24, 2.45) is 11.7 Å². The van der Waals surface area contributed by atoms with Crippen LogP contribution in [0.1, 0.15) is 24.9 Å². The van der Waals surface area contributed by atoms with Crippen LogP contribution in [0, 0.1) is 5.92 Å². The van der Waals surface area contributed by atoms with Gasteiger partial charge in [-0.1, -0.05) is 37.3 Å². The molecule has 0 saturated heterocycles. The number of hydrogen-bond acceptors (Lipinski definition) is 4. The Morgan fingerprint density at radius 3 is 2.48 bits per heavy atom. The van der Waals surface area contributed by atoms with Crippen molar-refractivity contribution >= 4 is 23.6 Å². The highest BCUT2D eigenvalue weighted by molar-refractivity contribution is 7.98. The van der Waals surface area contributed by atoms with Crippen molar-refractivity contribution in [1.82, 2.24) is 5.32 Å². The molecule has 0 fully saturated rings. The number of nitrogens with two attached hydrogens (primary N) is 1. The SMILES string of the molecule is CSCC[C@H](NC(=O)C(C)C(N)c1ccccc1)C(=O)O. The van der Waals surface area contributed by atoms with Gasteiger partial charge in [-0.15, -0.1) is 0 Å². The van der Waals surface area contributed by atoms with Crippen LogP contribution in [0.5, 0.6) is 0 Å². The Bertz CT molecular complexity index is 467. The molecule has 116 valence electrons. The summed E-state index contributed by atoms with van der Waals surface area (Å²) in [7, 11) is 0. The number of nitrogens with one attached hydrogen (secondary N) is 1. The third-order valence-electron chi connectivity index (χ3n) is 3.36. The predicted octanol–water partition coefficient (Wildman–Crippen LogP) is 1.64. The van der Waals surface area contributed by atoms with Crippen molar-refractivity contribution in [3.8, 4) is 0 Å². The first-order valence-corrected chi connectivity index (χ1v) is 8.19. The number of carbonyl (C=O) groups excluding carboxylic acids is 1. The van der Waals surface area contributed by atoms with E-state index in [1.54, 1.807) is 18.7 Å². The zero-order valence-corrected chi connectivity index (χ0v) is 13.1. The van der Waals surface area contributed by atoms with Gasteiger partial charge >= 0.3 is 5.97 Å². The van der Waals surface area contributed by atoms with Crippen LogP contribution < -0.4 is 11.1 Å². The van der Waals surface area contributed by atoms with Crippen LogP contribution >= 0.6 is 11.8 Å². The highest BCUT2D eigenvalue weighted by Crippen LogP contribution is 2.19. The van der Waals surface area contributed by atoms with E-state index in [1.807, 2.05) is 36.6 Å². The van der Waals surface area contributed by atoms with Crippen LogP contribution in [0.25, 0.3) is 0 Å². The van der Waals surface area contributed by atoms with Crippen LogP contribution in [0.2, 0.25) is 0 Å². The molecule has 5 nitrogen and oxygen atoms in total. The van der Waals surface area contributed by atoms with Gasteiger partial charge in [-0.3, -0.25) is 4.79 Å². The Morgan fingerprint density at radius 1 is 1.33 bits per heavy atom. The van der Waals surface area contributed by atoms with Crippen LogP contribution in [0.4, 0.5) is 0 Å². The second kappa shape index (κ2) is 8.69. The molecule has 3 atom stereocenters. The third-order valence-corrected chi connectivity index (χ3v) is 4.01. The molecule has 1 aromatic carbocycles. The Labute approximate surface area is 129 Å². The molecule has 4 N–H and O–H groups in total. The minimum atomic E-state index is -1.02. The van der Waals surface area contributed by atoms with Crippen LogP contribution in [-0.2, 0) is 9.59 Å². The van der Waals surface area contributed by atoms with Gasteiger partial charge in [0, 0.05) is 6.04 Å². The van der Waals surface area contributed by atoms with Crippen molar-refractivity contribution in [3.63, 3.8) is 0 Å². The van der Waals surface area contributed by atoms with Gasteiger partial charge in [0.05, 0.1) is 5.92 Å². The highest BCUT2D eigenvalue weighted by Gasteiger charge is 2.26. The van der Waals surface area contributed by atoms with E-state index in [0.717, 1.165) is 5.56 Å². The second-order valence-corrected chi connectivity index (χ2v) is 5.89. The van der Waals surface area contributed by atoms with Crippen molar-refractivity contribution in [2.45, 2.75) is 25.4 Å². The van der Waals surface area contributed by atoms with Crippen molar-refractivity contribution in [1.29, 1.82) is 0 Å². The molecule has 6 heteroatoms. The lowest BCUT2D eigenvalue weighted by molar-refractivity contribution is -0.142. The van der Waals surface area contributed by atoms with Crippen LogP contribution in [-0.4, -0.2) is 35.0 Å². The number of hydrogen-bond donors (Lipinski definition) is 3. The van der Waals surface area contributed by atoms with E-state index in [2.05, 4.69) is 5.32 Å². The summed E-state index contributed by atoms with van der Waals surface area (Å²) in [6.45, 7) is 1.71. The number of rotatable bonds is 8. The summed E-state index contributed by atoms with van der Waals surface area (Å²) < 4.78 is 0. The fourth-order valence-electron chi connectivity index (χ4n) is 1.92. The van der Waals surface area contributed by atoms with E-state index in [9.17, 15) is 9.59 Å². The minimum Gasteiger partial charge on any atom is -0.480 e. The molecule has 0 aromatic heterocycles. The number of benzene rings is 1. The van der Waals surface area contributed by atoms with Crippen molar-refractivity contribution < 1.29 is 14.7 Å². The molecule has 0 aliphatic carbocycles. The summed E-state index contributed by atoms with van der Waals surface area (Å²) in [6, 6.07) is 7.99. The largest absolute Gasteiger partial charge is 0.480 e. The molecule has 2 unspecified atom stereocenters. The monoisotopic (exact) mass is 310 g/mol. The first-order valence-electron chi connectivity index (χ1n) is 6.80. The maximum Gasteiger partial charge on any atom is 0.326 e. The van der Waals surface area contributed by atoms with Gasteiger partial charge in [-0.2, -0.15) is 11.8 Å². The first-order chi connectivity index (χ1) is 9.97. The zero-order valence-electron chi connectivity index (χ0n) is 12.3. The molecular weight excluding hydrogens is 288 g/mol. The maximum absolute atomic E-state index is 12.2. The summed E-state index contributed by atoms with van der Waals surface area (Å²) in [6.07, 6.45) is 2.30. The van der Waals surface area contributed by atoms with E-state index in [0.29, 0.717) is 12.2 Å². The number of aliphatic carboxylic acids is 1. The Morgan fingerprint density at radius 2 is 1.95 bits per heavy atom.